The lowest BCUT2D eigenvalue weighted by Gasteiger charge is -2.14. The third-order valence-corrected chi connectivity index (χ3v) is 3.96. The lowest BCUT2D eigenvalue weighted by molar-refractivity contribution is -0.199. The van der Waals surface area contributed by atoms with Crippen molar-refractivity contribution in [2.45, 2.75) is 12.7 Å². The summed E-state index contributed by atoms with van der Waals surface area (Å²) >= 11 is 0. The van der Waals surface area contributed by atoms with Crippen LogP contribution in [0.1, 0.15) is 5.56 Å². The Morgan fingerprint density at radius 2 is 1.96 bits per heavy atom. The van der Waals surface area contributed by atoms with Crippen LogP contribution in [0.25, 0.3) is 11.1 Å². The van der Waals surface area contributed by atoms with Crippen molar-refractivity contribution < 1.29 is 32.2 Å². The molecule has 0 aromatic heterocycles. The number of para-hydroxylation sites is 1. The van der Waals surface area contributed by atoms with Crippen LogP contribution in [0.15, 0.2) is 42.5 Å². The van der Waals surface area contributed by atoms with E-state index in [1.165, 1.54) is 0 Å². The first kappa shape index (κ1) is 19.7. The summed E-state index contributed by atoms with van der Waals surface area (Å²) in [4.78, 5) is 22.5. The Hall–Kier alpha value is -3.07. The molecule has 1 aliphatic heterocycles. The highest BCUT2D eigenvalue weighted by Crippen LogP contribution is 2.35. The zero-order valence-electron chi connectivity index (χ0n) is 14.6. The molecule has 0 saturated carbocycles. The molecule has 1 heterocycles. The number of benzene rings is 2. The second-order valence-electron chi connectivity index (χ2n) is 6.02. The Morgan fingerprint density at radius 3 is 2.75 bits per heavy atom. The van der Waals surface area contributed by atoms with E-state index in [-0.39, 0.29) is 0 Å². The minimum absolute atomic E-state index is 0.356. The average Bonchev–Trinajstić information content (AvgIpc) is 2.91. The zero-order chi connectivity index (χ0) is 20.1. The summed E-state index contributed by atoms with van der Waals surface area (Å²) < 4.78 is 46.1. The van der Waals surface area contributed by atoms with E-state index >= 15 is 0 Å². The fraction of sp³-hybridized carbons (Fsp3) is 0.263. The fourth-order valence-electron chi connectivity index (χ4n) is 2.74. The number of ether oxygens (including phenoxy) is 2. The van der Waals surface area contributed by atoms with Crippen LogP contribution in [0, 0.1) is 0 Å². The van der Waals surface area contributed by atoms with Crippen molar-refractivity contribution in [2.24, 2.45) is 0 Å². The molecule has 0 bridgehead atoms. The smallest absolute Gasteiger partial charge is 0.490 e. The molecule has 0 fully saturated rings. The van der Waals surface area contributed by atoms with Gasteiger partial charge in [-0.2, -0.15) is 13.2 Å². The van der Waals surface area contributed by atoms with Gasteiger partial charge in [0, 0.05) is 29.9 Å². The average molecular weight is 394 g/mol. The van der Waals surface area contributed by atoms with Crippen LogP contribution in [0.3, 0.4) is 0 Å². The molecule has 2 aromatic carbocycles. The first-order chi connectivity index (χ1) is 13.3. The number of carbonyl (C=O) groups excluding carboxylic acids is 2. The van der Waals surface area contributed by atoms with E-state index in [0.29, 0.717) is 18.8 Å². The van der Waals surface area contributed by atoms with Crippen molar-refractivity contribution in [3.05, 3.63) is 48.0 Å². The number of halogens is 3. The van der Waals surface area contributed by atoms with Gasteiger partial charge in [-0.25, -0.2) is 4.79 Å². The Balaban J connectivity index is 1.73. The Labute approximate surface area is 158 Å². The molecule has 0 radical (unpaired) electrons. The maximum atomic E-state index is 12.1. The topological polar surface area (TPSA) is 76.7 Å². The van der Waals surface area contributed by atoms with Crippen molar-refractivity contribution >= 4 is 17.6 Å². The number of hydrogen-bond donors (Lipinski definition) is 2. The van der Waals surface area contributed by atoms with Gasteiger partial charge in [-0.15, -0.1) is 0 Å². The highest BCUT2D eigenvalue weighted by atomic mass is 19.4. The number of alkyl halides is 3. The first-order valence-corrected chi connectivity index (χ1v) is 8.44. The molecule has 148 valence electrons. The number of carbonyl (C=O) groups is 2. The molecule has 3 rings (SSSR count). The molecule has 2 aromatic rings. The molecule has 2 N–H and O–H groups in total. The van der Waals surface area contributed by atoms with Crippen molar-refractivity contribution in [2.75, 3.05) is 25.1 Å². The van der Waals surface area contributed by atoms with Crippen LogP contribution in [-0.2, 0) is 20.9 Å². The van der Waals surface area contributed by atoms with Gasteiger partial charge in [0.15, 0.2) is 6.61 Å². The van der Waals surface area contributed by atoms with Crippen molar-refractivity contribution in [1.82, 2.24) is 5.32 Å². The number of esters is 1. The standard InChI is InChI=1S/C19H17F3N2O4/c20-19(21,22)18(26)28-11-16(25)24-14-5-1-3-12(9-14)15-6-2-4-13-10-23-7-8-27-17(13)15/h1-6,9,23H,7-8,10-11H2,(H,24,25). The summed E-state index contributed by atoms with van der Waals surface area (Å²) in [7, 11) is 0. The maximum absolute atomic E-state index is 12.1. The first-order valence-electron chi connectivity index (χ1n) is 8.44. The molecular weight excluding hydrogens is 377 g/mol. The number of hydrogen-bond acceptors (Lipinski definition) is 5. The van der Waals surface area contributed by atoms with Crippen molar-refractivity contribution in [1.29, 1.82) is 0 Å². The molecule has 28 heavy (non-hydrogen) atoms. The third-order valence-electron chi connectivity index (χ3n) is 3.96. The molecular formula is C19H17F3N2O4. The van der Waals surface area contributed by atoms with Gasteiger partial charge in [0.2, 0.25) is 0 Å². The number of anilines is 1. The van der Waals surface area contributed by atoms with Gasteiger partial charge < -0.3 is 20.1 Å². The number of rotatable bonds is 4. The monoisotopic (exact) mass is 394 g/mol. The molecule has 0 unspecified atom stereocenters. The van der Waals surface area contributed by atoms with E-state index < -0.39 is 24.7 Å². The zero-order valence-corrected chi connectivity index (χ0v) is 14.6. The molecule has 0 atom stereocenters. The number of nitrogens with one attached hydrogen (secondary N) is 2. The van der Waals surface area contributed by atoms with Crippen LogP contribution in [0.2, 0.25) is 0 Å². The van der Waals surface area contributed by atoms with Crippen molar-refractivity contribution in [3.8, 4) is 16.9 Å². The van der Waals surface area contributed by atoms with E-state index in [1.807, 2.05) is 24.3 Å². The minimum atomic E-state index is -5.14. The molecule has 0 saturated heterocycles. The lowest BCUT2D eigenvalue weighted by Crippen LogP contribution is -2.29. The summed E-state index contributed by atoms with van der Waals surface area (Å²) in [6, 6.07) is 12.5. The summed E-state index contributed by atoms with van der Waals surface area (Å²) in [6.07, 6.45) is -5.14. The van der Waals surface area contributed by atoms with Gasteiger partial charge in [-0.3, -0.25) is 4.79 Å². The van der Waals surface area contributed by atoms with Crippen LogP contribution >= 0.6 is 0 Å². The predicted molar refractivity (Wildman–Crippen MR) is 94.7 cm³/mol. The molecule has 0 aliphatic carbocycles. The molecule has 9 heteroatoms. The molecule has 0 spiro atoms. The van der Waals surface area contributed by atoms with Gasteiger partial charge in [0.05, 0.1) is 0 Å². The number of fused-ring (bicyclic) bond motifs is 1. The van der Waals surface area contributed by atoms with Crippen molar-refractivity contribution in [3.63, 3.8) is 0 Å². The van der Waals surface area contributed by atoms with E-state index in [0.717, 1.165) is 29.0 Å². The summed E-state index contributed by atoms with van der Waals surface area (Å²) in [5.41, 5.74) is 2.96. The second kappa shape index (κ2) is 8.30. The van der Waals surface area contributed by atoms with Crippen LogP contribution in [-0.4, -0.2) is 37.8 Å². The molecule has 1 aliphatic rings. The lowest BCUT2D eigenvalue weighted by atomic mass is 10.0. The van der Waals surface area contributed by atoms with Gasteiger partial charge in [0.25, 0.3) is 5.91 Å². The Morgan fingerprint density at radius 1 is 1.18 bits per heavy atom. The van der Waals surface area contributed by atoms with Gasteiger partial charge in [-0.1, -0.05) is 30.3 Å². The summed E-state index contributed by atoms with van der Waals surface area (Å²) in [5, 5.41) is 5.66. The third kappa shape index (κ3) is 4.80. The van der Waals surface area contributed by atoms with Crippen LogP contribution in [0.4, 0.5) is 18.9 Å². The highest BCUT2D eigenvalue weighted by Gasteiger charge is 2.41. The predicted octanol–water partition coefficient (Wildman–Crippen LogP) is 2.88. The van der Waals surface area contributed by atoms with Gasteiger partial charge in [0.1, 0.15) is 12.4 Å². The summed E-state index contributed by atoms with van der Waals surface area (Å²) in [5.74, 6) is -2.54. The van der Waals surface area contributed by atoms with E-state index in [1.54, 1.807) is 18.2 Å². The van der Waals surface area contributed by atoms with Gasteiger partial charge >= 0.3 is 12.1 Å². The Kier molecular flexibility index (Phi) is 5.84. The highest BCUT2D eigenvalue weighted by molar-refractivity contribution is 5.94. The van der Waals surface area contributed by atoms with Gasteiger partial charge in [-0.05, 0) is 17.7 Å². The summed E-state index contributed by atoms with van der Waals surface area (Å²) in [6.45, 7) is 0.883. The van der Waals surface area contributed by atoms with E-state index in [4.69, 9.17) is 4.74 Å². The quantitative estimate of drug-likeness (QED) is 0.780. The number of amides is 1. The molecule has 1 amide bonds. The van der Waals surface area contributed by atoms with E-state index in [2.05, 4.69) is 15.4 Å². The second-order valence-corrected chi connectivity index (χ2v) is 6.02. The molecule has 6 nitrogen and oxygen atoms in total. The van der Waals surface area contributed by atoms with Crippen LogP contribution in [0.5, 0.6) is 5.75 Å². The van der Waals surface area contributed by atoms with Crippen LogP contribution < -0.4 is 15.4 Å². The Bertz CT molecular complexity index is 884. The van der Waals surface area contributed by atoms with E-state index in [9.17, 15) is 22.8 Å². The largest absolute Gasteiger partial charge is 0.491 e. The maximum Gasteiger partial charge on any atom is 0.490 e. The SMILES string of the molecule is O=C(COC(=O)C(F)(F)F)Nc1cccc(-c2cccc3c2OCCNC3)c1. The normalized spacial score (nSPS) is 13.7. The fourth-order valence-corrected chi connectivity index (χ4v) is 2.74. The minimum Gasteiger partial charge on any atom is -0.491 e.